The lowest BCUT2D eigenvalue weighted by Crippen LogP contribution is -2.65. The van der Waals surface area contributed by atoms with Gasteiger partial charge in [-0.3, -0.25) is 9.59 Å². The van der Waals surface area contributed by atoms with E-state index in [9.17, 15) is 14.7 Å². The number of carbonyl (C=O) groups is 2. The molecule has 4 rings (SSSR count). The lowest BCUT2D eigenvalue weighted by atomic mass is 9.43. The van der Waals surface area contributed by atoms with Crippen molar-refractivity contribution in [1.29, 1.82) is 0 Å². The van der Waals surface area contributed by atoms with Crippen molar-refractivity contribution in [1.82, 2.24) is 10.6 Å². The molecule has 4 fully saturated rings. The SMILES string of the molecule is CCCCCCCCCC(=O)N[C@H](C(=O)N[C@@H](CC(C)C)B1O[C@@H]2C[C@@H]3C[C@@H](C3(C)C)[C@]2(C)O1)[C@@H](C)O. The molecule has 8 heteroatoms. The maximum atomic E-state index is 13.3. The van der Waals surface area contributed by atoms with E-state index in [-0.39, 0.29) is 34.9 Å². The van der Waals surface area contributed by atoms with Gasteiger partial charge in [0.15, 0.2) is 0 Å². The Labute approximate surface area is 225 Å². The van der Waals surface area contributed by atoms with Crippen molar-refractivity contribution >= 4 is 18.9 Å². The summed E-state index contributed by atoms with van der Waals surface area (Å²) in [5, 5.41) is 16.2. The van der Waals surface area contributed by atoms with Gasteiger partial charge in [-0.1, -0.05) is 73.1 Å². The molecule has 1 saturated heterocycles. The number of aliphatic hydroxyl groups excluding tert-OH is 1. The molecular weight excluding hydrogens is 467 g/mol. The van der Waals surface area contributed by atoms with E-state index in [0.717, 1.165) is 25.7 Å². The minimum absolute atomic E-state index is 0.0371. The summed E-state index contributed by atoms with van der Waals surface area (Å²) in [5.41, 5.74) is -0.102. The zero-order valence-corrected chi connectivity index (χ0v) is 24.5. The van der Waals surface area contributed by atoms with Gasteiger partial charge in [0.2, 0.25) is 11.8 Å². The van der Waals surface area contributed by atoms with Crippen LogP contribution >= 0.6 is 0 Å². The Morgan fingerprint density at radius 3 is 2.24 bits per heavy atom. The predicted molar refractivity (Wildman–Crippen MR) is 148 cm³/mol. The monoisotopic (exact) mass is 520 g/mol. The molecule has 1 heterocycles. The van der Waals surface area contributed by atoms with E-state index in [1.165, 1.54) is 32.1 Å². The van der Waals surface area contributed by atoms with Crippen LogP contribution in [0.25, 0.3) is 0 Å². The molecule has 0 spiro atoms. The molecule has 3 aliphatic carbocycles. The van der Waals surface area contributed by atoms with E-state index in [1.807, 2.05) is 0 Å². The number of unbranched alkanes of at least 4 members (excludes halogenated alkanes) is 6. The number of aliphatic hydroxyl groups is 1. The predicted octanol–water partition coefficient (Wildman–Crippen LogP) is 4.79. The normalized spacial score (nSPS) is 30.3. The number of nitrogens with one attached hydrogen (secondary N) is 2. The first kappa shape index (κ1) is 30.4. The lowest BCUT2D eigenvalue weighted by Gasteiger charge is -2.64. The third kappa shape index (κ3) is 7.10. The second-order valence-electron chi connectivity index (χ2n) is 13.2. The summed E-state index contributed by atoms with van der Waals surface area (Å²) in [5.74, 6) is 0.489. The van der Waals surface area contributed by atoms with Crippen molar-refractivity contribution < 1.29 is 24.0 Å². The lowest BCUT2D eigenvalue weighted by molar-refractivity contribution is -0.199. The van der Waals surface area contributed by atoms with Gasteiger partial charge in [-0.25, -0.2) is 0 Å². The van der Waals surface area contributed by atoms with Gasteiger partial charge in [0.05, 0.1) is 23.8 Å². The quantitative estimate of drug-likeness (QED) is 0.213. The number of carbonyl (C=O) groups excluding carboxylic acids is 2. The summed E-state index contributed by atoms with van der Waals surface area (Å²) in [6, 6.07) is -1.00. The van der Waals surface area contributed by atoms with Crippen LogP contribution in [0.4, 0.5) is 0 Å². The van der Waals surface area contributed by atoms with E-state index in [0.29, 0.717) is 30.6 Å². The van der Waals surface area contributed by atoms with E-state index in [1.54, 1.807) is 6.92 Å². The average Bonchev–Trinajstić information content (AvgIpc) is 3.18. The highest BCUT2D eigenvalue weighted by atomic mass is 16.7. The summed E-state index contributed by atoms with van der Waals surface area (Å²) in [6.45, 7) is 14.8. The largest absolute Gasteiger partial charge is 0.481 e. The molecule has 212 valence electrons. The van der Waals surface area contributed by atoms with Crippen molar-refractivity contribution in [2.45, 2.75) is 149 Å². The fourth-order valence-corrected chi connectivity index (χ4v) is 6.98. The van der Waals surface area contributed by atoms with Crippen LogP contribution in [0.5, 0.6) is 0 Å². The summed E-state index contributed by atoms with van der Waals surface area (Å²) >= 11 is 0. The first-order valence-corrected chi connectivity index (χ1v) is 15.0. The molecule has 7 atom stereocenters. The molecule has 37 heavy (non-hydrogen) atoms. The van der Waals surface area contributed by atoms with Crippen molar-refractivity contribution in [2.75, 3.05) is 0 Å². The highest BCUT2D eigenvalue weighted by Crippen LogP contribution is 2.65. The molecule has 0 aromatic heterocycles. The number of hydrogen-bond acceptors (Lipinski definition) is 5. The Hall–Kier alpha value is -1.12. The molecule has 1 aliphatic heterocycles. The van der Waals surface area contributed by atoms with Crippen molar-refractivity contribution in [2.24, 2.45) is 23.2 Å². The van der Waals surface area contributed by atoms with Gasteiger partial charge in [0.25, 0.3) is 0 Å². The van der Waals surface area contributed by atoms with Gasteiger partial charge in [0, 0.05) is 6.42 Å². The molecule has 2 amide bonds. The third-order valence-electron chi connectivity index (χ3n) is 9.44. The van der Waals surface area contributed by atoms with Crippen molar-refractivity contribution in [3.8, 4) is 0 Å². The van der Waals surface area contributed by atoms with Crippen LogP contribution in [0.15, 0.2) is 0 Å². The number of amides is 2. The topological polar surface area (TPSA) is 96.9 Å². The molecular formula is C29H53BN2O5. The summed E-state index contributed by atoms with van der Waals surface area (Å²) < 4.78 is 13.1. The van der Waals surface area contributed by atoms with Crippen molar-refractivity contribution in [3.05, 3.63) is 0 Å². The number of hydrogen-bond donors (Lipinski definition) is 3. The van der Waals surface area contributed by atoms with Crippen LogP contribution in [0.3, 0.4) is 0 Å². The Balaban J connectivity index is 1.55. The Morgan fingerprint density at radius 2 is 1.65 bits per heavy atom. The van der Waals surface area contributed by atoms with Gasteiger partial charge in [-0.15, -0.1) is 0 Å². The third-order valence-corrected chi connectivity index (χ3v) is 9.44. The minimum atomic E-state index is -1.00. The molecule has 0 radical (unpaired) electrons. The zero-order chi connectivity index (χ0) is 27.4. The molecule has 3 N–H and O–H groups in total. The molecule has 0 aromatic rings. The maximum absolute atomic E-state index is 13.3. The van der Waals surface area contributed by atoms with Crippen molar-refractivity contribution in [3.63, 3.8) is 0 Å². The molecule has 0 unspecified atom stereocenters. The van der Waals surface area contributed by atoms with Crippen LogP contribution in [-0.4, -0.2) is 53.8 Å². The molecule has 2 bridgehead atoms. The molecule has 0 aromatic carbocycles. The second kappa shape index (κ2) is 12.8. The Bertz CT molecular complexity index is 775. The van der Waals surface area contributed by atoms with E-state index in [4.69, 9.17) is 9.31 Å². The number of rotatable bonds is 15. The highest BCUT2D eigenvalue weighted by Gasteiger charge is 2.68. The first-order chi connectivity index (χ1) is 17.4. The Morgan fingerprint density at radius 1 is 1.00 bits per heavy atom. The van der Waals surface area contributed by atoms with Crippen LogP contribution in [0, 0.1) is 23.2 Å². The van der Waals surface area contributed by atoms with Gasteiger partial charge in [-0.2, -0.15) is 0 Å². The fourth-order valence-electron chi connectivity index (χ4n) is 6.98. The van der Waals surface area contributed by atoms with Gasteiger partial charge in [-0.05, 0) is 62.7 Å². The van der Waals surface area contributed by atoms with Gasteiger partial charge in [0.1, 0.15) is 6.04 Å². The van der Waals surface area contributed by atoms with Crippen LogP contribution in [-0.2, 0) is 18.9 Å². The first-order valence-electron chi connectivity index (χ1n) is 15.0. The van der Waals surface area contributed by atoms with Gasteiger partial charge >= 0.3 is 7.12 Å². The van der Waals surface area contributed by atoms with Gasteiger partial charge < -0.3 is 25.0 Å². The van der Waals surface area contributed by atoms with Crippen LogP contribution < -0.4 is 10.6 Å². The van der Waals surface area contributed by atoms with E-state index in [2.05, 4.69) is 52.2 Å². The molecule has 7 nitrogen and oxygen atoms in total. The van der Waals surface area contributed by atoms with Crippen LogP contribution in [0.1, 0.15) is 119 Å². The van der Waals surface area contributed by atoms with E-state index >= 15 is 0 Å². The molecule has 4 aliphatic rings. The minimum Gasteiger partial charge on any atom is -0.404 e. The summed E-state index contributed by atoms with van der Waals surface area (Å²) in [4.78, 5) is 25.9. The zero-order valence-electron chi connectivity index (χ0n) is 24.5. The smallest absolute Gasteiger partial charge is 0.404 e. The maximum Gasteiger partial charge on any atom is 0.481 e. The highest BCUT2D eigenvalue weighted by molar-refractivity contribution is 6.48. The summed E-state index contributed by atoms with van der Waals surface area (Å²) in [6.07, 6.45) is 10.1. The average molecular weight is 521 g/mol. The summed E-state index contributed by atoms with van der Waals surface area (Å²) in [7, 11) is -0.533. The Kier molecular flexibility index (Phi) is 10.5. The standard InChI is InChI=1S/C29H53BN2O5/c1-8-9-10-11-12-13-14-15-25(34)32-26(20(4)33)27(35)31-24(16-19(2)3)30-36-23-18-21-17-22(28(21,5)6)29(23,7)37-30/h19-24,26,33H,8-18H2,1-7H3,(H,31,35)(H,32,34)/t20-,21+,22+,23-,24+,26+,29+/m1/s1. The fraction of sp³-hybridized carbons (Fsp3) is 0.931. The van der Waals surface area contributed by atoms with E-state index < -0.39 is 19.3 Å². The van der Waals surface area contributed by atoms with Crippen LogP contribution in [0.2, 0.25) is 0 Å². The second-order valence-corrected chi connectivity index (χ2v) is 13.2. The molecule has 3 saturated carbocycles.